The van der Waals surface area contributed by atoms with Crippen LogP contribution in [-0.2, 0) is 4.79 Å². The zero-order valence-corrected chi connectivity index (χ0v) is 11.3. The summed E-state index contributed by atoms with van der Waals surface area (Å²) in [6.07, 6.45) is 0. The lowest BCUT2D eigenvalue weighted by Crippen LogP contribution is -2.01. The number of esters is 1. The molecule has 0 saturated carbocycles. The van der Waals surface area contributed by atoms with Crippen LogP contribution >= 0.6 is 0 Å². The van der Waals surface area contributed by atoms with E-state index >= 15 is 0 Å². The van der Waals surface area contributed by atoms with Crippen molar-refractivity contribution in [3.05, 3.63) is 48.0 Å². The summed E-state index contributed by atoms with van der Waals surface area (Å²) in [5.41, 5.74) is 3.27. The van der Waals surface area contributed by atoms with E-state index in [2.05, 4.69) is 0 Å². The van der Waals surface area contributed by atoms with Gasteiger partial charge in [-0.1, -0.05) is 18.2 Å². The normalized spacial score (nSPS) is 10.1. The van der Waals surface area contributed by atoms with Crippen molar-refractivity contribution in [3.8, 4) is 22.6 Å². The van der Waals surface area contributed by atoms with Crippen LogP contribution in [0.5, 0.6) is 11.5 Å². The van der Waals surface area contributed by atoms with Crippen molar-refractivity contribution >= 4 is 5.97 Å². The molecule has 0 atom stereocenters. The molecule has 0 radical (unpaired) electrons. The fourth-order valence-corrected chi connectivity index (χ4v) is 1.96. The third-order valence-corrected chi connectivity index (χ3v) is 2.86. The fourth-order valence-electron chi connectivity index (χ4n) is 1.96. The van der Waals surface area contributed by atoms with Crippen molar-refractivity contribution in [1.29, 1.82) is 0 Å². The highest BCUT2D eigenvalue weighted by molar-refractivity contribution is 5.72. The Hall–Kier alpha value is -2.29. The molecular weight excluding hydrogens is 240 g/mol. The van der Waals surface area contributed by atoms with Gasteiger partial charge in [0.25, 0.3) is 0 Å². The first-order valence-electron chi connectivity index (χ1n) is 6.03. The van der Waals surface area contributed by atoms with Crippen molar-refractivity contribution in [1.82, 2.24) is 0 Å². The zero-order chi connectivity index (χ0) is 13.8. The van der Waals surface area contributed by atoms with Crippen LogP contribution in [0, 0.1) is 6.92 Å². The molecule has 3 heteroatoms. The van der Waals surface area contributed by atoms with E-state index in [9.17, 15) is 4.79 Å². The Balaban J connectivity index is 2.31. The van der Waals surface area contributed by atoms with E-state index in [1.165, 1.54) is 6.92 Å². The van der Waals surface area contributed by atoms with Gasteiger partial charge in [0.1, 0.15) is 11.5 Å². The first-order valence-corrected chi connectivity index (χ1v) is 6.03. The molecule has 0 aliphatic heterocycles. The molecule has 0 spiro atoms. The number of hydrogen-bond acceptors (Lipinski definition) is 3. The molecule has 2 aromatic carbocycles. The van der Waals surface area contributed by atoms with E-state index in [4.69, 9.17) is 9.47 Å². The van der Waals surface area contributed by atoms with E-state index < -0.39 is 0 Å². The van der Waals surface area contributed by atoms with Crippen LogP contribution in [0.15, 0.2) is 42.5 Å². The molecule has 0 unspecified atom stereocenters. The Morgan fingerprint density at radius 3 is 2.16 bits per heavy atom. The van der Waals surface area contributed by atoms with Crippen LogP contribution in [0.1, 0.15) is 12.5 Å². The van der Waals surface area contributed by atoms with E-state index in [0.29, 0.717) is 5.75 Å². The molecule has 0 bridgehead atoms. The van der Waals surface area contributed by atoms with Gasteiger partial charge in [-0.2, -0.15) is 0 Å². The quantitative estimate of drug-likeness (QED) is 0.621. The van der Waals surface area contributed by atoms with Crippen LogP contribution in [0.2, 0.25) is 0 Å². The first-order chi connectivity index (χ1) is 9.10. The van der Waals surface area contributed by atoms with Gasteiger partial charge in [0, 0.05) is 6.92 Å². The van der Waals surface area contributed by atoms with E-state index in [-0.39, 0.29) is 5.97 Å². The molecule has 3 nitrogen and oxygen atoms in total. The van der Waals surface area contributed by atoms with Crippen LogP contribution in [0.3, 0.4) is 0 Å². The zero-order valence-electron chi connectivity index (χ0n) is 11.3. The minimum Gasteiger partial charge on any atom is -0.497 e. The molecule has 0 aliphatic rings. The van der Waals surface area contributed by atoms with Gasteiger partial charge in [-0.05, 0) is 47.9 Å². The predicted octanol–water partition coefficient (Wildman–Crippen LogP) is 3.60. The minimum absolute atomic E-state index is 0.309. The molecule has 2 aromatic rings. The highest BCUT2D eigenvalue weighted by Crippen LogP contribution is 2.28. The number of methoxy groups -OCH3 is 1. The Morgan fingerprint density at radius 1 is 1.00 bits per heavy atom. The molecule has 0 N–H and O–H groups in total. The molecular formula is C16H16O3. The van der Waals surface area contributed by atoms with Gasteiger partial charge in [0.15, 0.2) is 0 Å². The van der Waals surface area contributed by atoms with Crippen molar-refractivity contribution < 1.29 is 14.3 Å². The number of carbonyl (C=O) groups is 1. The summed E-state index contributed by atoms with van der Waals surface area (Å²) in [6.45, 7) is 3.39. The summed E-state index contributed by atoms with van der Waals surface area (Å²) in [5, 5.41) is 0. The summed E-state index contributed by atoms with van der Waals surface area (Å²) in [6, 6.07) is 13.5. The maximum absolute atomic E-state index is 10.9. The standard InChI is InChI=1S/C16H16O3/c1-11-10-15(19-12(2)17)8-9-16(11)13-4-6-14(18-3)7-5-13/h4-10H,1-3H3. The van der Waals surface area contributed by atoms with Crippen molar-refractivity contribution in [2.24, 2.45) is 0 Å². The smallest absolute Gasteiger partial charge is 0.308 e. The van der Waals surface area contributed by atoms with Crippen molar-refractivity contribution in [3.63, 3.8) is 0 Å². The number of rotatable bonds is 3. The fraction of sp³-hybridized carbons (Fsp3) is 0.188. The first kappa shape index (κ1) is 13.1. The second kappa shape index (κ2) is 5.57. The lowest BCUT2D eigenvalue weighted by atomic mass is 10.0. The summed E-state index contributed by atoms with van der Waals surface area (Å²) < 4.78 is 10.2. The lowest BCUT2D eigenvalue weighted by Gasteiger charge is -2.09. The third-order valence-electron chi connectivity index (χ3n) is 2.86. The molecule has 0 heterocycles. The average molecular weight is 256 g/mol. The SMILES string of the molecule is COc1ccc(-c2ccc(OC(C)=O)cc2C)cc1. The summed E-state index contributed by atoms with van der Waals surface area (Å²) in [5.74, 6) is 1.09. The van der Waals surface area contributed by atoms with Gasteiger partial charge in [-0.15, -0.1) is 0 Å². The molecule has 0 aliphatic carbocycles. The summed E-state index contributed by atoms with van der Waals surface area (Å²) in [4.78, 5) is 10.9. The van der Waals surface area contributed by atoms with Crippen LogP contribution in [0.4, 0.5) is 0 Å². The van der Waals surface area contributed by atoms with Crippen LogP contribution in [-0.4, -0.2) is 13.1 Å². The van der Waals surface area contributed by atoms with Crippen LogP contribution in [0.25, 0.3) is 11.1 Å². The topological polar surface area (TPSA) is 35.5 Å². The second-order valence-electron chi connectivity index (χ2n) is 4.30. The molecule has 0 aromatic heterocycles. The number of carbonyl (C=O) groups excluding carboxylic acids is 1. The average Bonchev–Trinajstić information content (AvgIpc) is 2.38. The van der Waals surface area contributed by atoms with Gasteiger partial charge < -0.3 is 9.47 Å². The summed E-state index contributed by atoms with van der Waals surface area (Å²) in [7, 11) is 1.65. The Morgan fingerprint density at radius 2 is 1.63 bits per heavy atom. The number of benzene rings is 2. The number of ether oxygens (including phenoxy) is 2. The monoisotopic (exact) mass is 256 g/mol. The van der Waals surface area contributed by atoms with Gasteiger partial charge in [-0.25, -0.2) is 0 Å². The molecule has 0 saturated heterocycles. The van der Waals surface area contributed by atoms with Gasteiger partial charge in [-0.3, -0.25) is 4.79 Å². The van der Waals surface area contributed by atoms with Crippen molar-refractivity contribution in [2.45, 2.75) is 13.8 Å². The lowest BCUT2D eigenvalue weighted by molar-refractivity contribution is -0.131. The van der Waals surface area contributed by atoms with Gasteiger partial charge >= 0.3 is 5.97 Å². The Labute approximate surface area is 112 Å². The maximum Gasteiger partial charge on any atom is 0.308 e. The predicted molar refractivity (Wildman–Crippen MR) is 74.5 cm³/mol. The largest absolute Gasteiger partial charge is 0.497 e. The molecule has 0 amide bonds. The maximum atomic E-state index is 10.9. The molecule has 98 valence electrons. The van der Waals surface area contributed by atoms with Gasteiger partial charge in [0.05, 0.1) is 7.11 Å². The van der Waals surface area contributed by atoms with Crippen molar-refractivity contribution in [2.75, 3.05) is 7.11 Å². The third kappa shape index (κ3) is 3.13. The highest BCUT2D eigenvalue weighted by atomic mass is 16.5. The van der Waals surface area contributed by atoms with E-state index in [1.54, 1.807) is 13.2 Å². The molecule has 2 rings (SSSR count). The highest BCUT2D eigenvalue weighted by Gasteiger charge is 2.05. The van der Waals surface area contributed by atoms with Crippen LogP contribution < -0.4 is 9.47 Å². The second-order valence-corrected chi connectivity index (χ2v) is 4.30. The number of hydrogen-bond donors (Lipinski definition) is 0. The number of aryl methyl sites for hydroxylation is 1. The Bertz CT molecular complexity index is 585. The molecule has 0 fully saturated rings. The summed E-state index contributed by atoms with van der Waals surface area (Å²) >= 11 is 0. The minimum atomic E-state index is -0.309. The van der Waals surface area contributed by atoms with Gasteiger partial charge in [0.2, 0.25) is 0 Å². The Kier molecular flexibility index (Phi) is 3.85. The van der Waals surface area contributed by atoms with E-state index in [1.807, 2.05) is 43.3 Å². The molecule has 19 heavy (non-hydrogen) atoms. The van der Waals surface area contributed by atoms with E-state index in [0.717, 1.165) is 22.4 Å².